The normalized spacial score (nSPS) is 20.5. The molecule has 2 aliphatic heterocycles. The van der Waals surface area contributed by atoms with E-state index in [2.05, 4.69) is 15.2 Å². The molecule has 0 bridgehead atoms. The third kappa shape index (κ3) is 3.47. The van der Waals surface area contributed by atoms with Gasteiger partial charge in [-0.2, -0.15) is 0 Å². The van der Waals surface area contributed by atoms with E-state index < -0.39 is 11.2 Å². The van der Waals surface area contributed by atoms with Crippen molar-refractivity contribution in [3.63, 3.8) is 0 Å². The Balaban J connectivity index is 0.00000225. The highest BCUT2D eigenvalue weighted by Gasteiger charge is 2.31. The number of rotatable bonds is 3. The minimum atomic E-state index is -0.516. The van der Waals surface area contributed by atoms with Crippen molar-refractivity contribution in [3.8, 4) is 0 Å². The van der Waals surface area contributed by atoms with Gasteiger partial charge in [0.1, 0.15) is 6.54 Å². The Morgan fingerprint density at radius 3 is 2.64 bits per heavy atom. The molecule has 4 rings (SSSR count). The van der Waals surface area contributed by atoms with E-state index in [4.69, 9.17) is 0 Å². The van der Waals surface area contributed by atoms with Crippen LogP contribution in [0.1, 0.15) is 6.42 Å². The maximum atomic E-state index is 12.8. The number of halogens is 1. The first-order valence-electron chi connectivity index (χ1n) is 9.30. The van der Waals surface area contributed by atoms with Gasteiger partial charge in [-0.15, -0.1) is 12.4 Å². The Kier molecular flexibility index (Phi) is 5.92. The average molecular weight is 412 g/mol. The summed E-state index contributed by atoms with van der Waals surface area (Å²) in [7, 11) is 3.26. The van der Waals surface area contributed by atoms with E-state index in [0.29, 0.717) is 30.3 Å². The number of aromatic nitrogens is 4. The van der Waals surface area contributed by atoms with Gasteiger partial charge in [-0.3, -0.25) is 19.1 Å². The SMILES string of the molecule is Cl.Cn1cnc2c1c(=O)n(CC(=O)N1CCC(N3CCNCC3)C1)c(=O)n2C. The molecular weight excluding hydrogens is 386 g/mol. The highest BCUT2D eigenvalue weighted by atomic mass is 35.5. The quantitative estimate of drug-likeness (QED) is 0.650. The summed E-state index contributed by atoms with van der Waals surface area (Å²) in [6.07, 6.45) is 2.43. The largest absolute Gasteiger partial charge is 0.340 e. The van der Waals surface area contributed by atoms with E-state index in [9.17, 15) is 14.4 Å². The Morgan fingerprint density at radius 2 is 1.93 bits per heavy atom. The van der Waals surface area contributed by atoms with Crippen LogP contribution in [-0.2, 0) is 25.4 Å². The van der Waals surface area contributed by atoms with E-state index in [0.717, 1.165) is 37.2 Å². The van der Waals surface area contributed by atoms with Crippen LogP contribution < -0.4 is 16.6 Å². The molecule has 0 saturated carbocycles. The number of nitrogens with one attached hydrogen (secondary N) is 1. The van der Waals surface area contributed by atoms with Crippen molar-refractivity contribution in [2.24, 2.45) is 14.1 Å². The van der Waals surface area contributed by atoms with Crippen LogP contribution in [0.15, 0.2) is 15.9 Å². The average Bonchev–Trinajstić information content (AvgIpc) is 3.31. The Hall–Kier alpha value is -2.17. The van der Waals surface area contributed by atoms with Gasteiger partial charge in [-0.25, -0.2) is 14.3 Å². The summed E-state index contributed by atoms with van der Waals surface area (Å²) in [6.45, 7) is 5.01. The molecule has 0 aliphatic carbocycles. The molecule has 1 unspecified atom stereocenters. The zero-order valence-electron chi connectivity index (χ0n) is 16.1. The monoisotopic (exact) mass is 411 g/mol. The molecule has 10 nitrogen and oxygen atoms in total. The van der Waals surface area contributed by atoms with E-state index in [1.54, 1.807) is 23.6 Å². The first-order chi connectivity index (χ1) is 13.0. The summed E-state index contributed by atoms with van der Waals surface area (Å²) in [5.74, 6) is -0.187. The highest BCUT2D eigenvalue weighted by Crippen LogP contribution is 2.16. The lowest BCUT2D eigenvalue weighted by atomic mass is 10.2. The van der Waals surface area contributed by atoms with Crippen LogP contribution in [0.2, 0.25) is 0 Å². The number of imidazole rings is 1. The molecule has 0 spiro atoms. The van der Waals surface area contributed by atoms with Crippen LogP contribution in [0.5, 0.6) is 0 Å². The molecule has 2 aliphatic rings. The number of hydrogen-bond acceptors (Lipinski definition) is 6. The van der Waals surface area contributed by atoms with Crippen molar-refractivity contribution in [1.29, 1.82) is 0 Å². The van der Waals surface area contributed by atoms with E-state index in [1.807, 2.05) is 0 Å². The number of aryl methyl sites for hydroxylation is 2. The van der Waals surface area contributed by atoms with Gasteiger partial charge in [0.25, 0.3) is 5.56 Å². The van der Waals surface area contributed by atoms with Gasteiger partial charge in [-0.1, -0.05) is 0 Å². The second kappa shape index (κ2) is 8.06. The van der Waals surface area contributed by atoms with Crippen LogP contribution in [0, 0.1) is 0 Å². The molecule has 1 atom stereocenters. The Labute approximate surface area is 168 Å². The molecule has 154 valence electrons. The van der Waals surface area contributed by atoms with Gasteiger partial charge in [0.2, 0.25) is 5.91 Å². The van der Waals surface area contributed by atoms with Crippen molar-refractivity contribution in [2.45, 2.75) is 19.0 Å². The zero-order chi connectivity index (χ0) is 19.1. The number of fused-ring (bicyclic) bond motifs is 1. The van der Waals surface area contributed by atoms with Gasteiger partial charge in [-0.05, 0) is 6.42 Å². The fourth-order valence-corrected chi connectivity index (χ4v) is 4.08. The smallest absolute Gasteiger partial charge is 0.332 e. The van der Waals surface area contributed by atoms with Crippen molar-refractivity contribution < 1.29 is 4.79 Å². The molecule has 2 fully saturated rings. The fourth-order valence-electron chi connectivity index (χ4n) is 4.08. The van der Waals surface area contributed by atoms with Crippen LogP contribution in [-0.4, -0.2) is 79.7 Å². The number of hydrogen-bond donors (Lipinski definition) is 1. The highest BCUT2D eigenvalue weighted by molar-refractivity contribution is 5.85. The number of amides is 1. The van der Waals surface area contributed by atoms with Crippen molar-refractivity contribution >= 4 is 29.5 Å². The molecule has 2 aromatic heterocycles. The molecule has 2 aromatic rings. The molecule has 1 N–H and O–H groups in total. The third-order valence-electron chi connectivity index (χ3n) is 5.68. The molecule has 28 heavy (non-hydrogen) atoms. The lowest BCUT2D eigenvalue weighted by Crippen LogP contribution is -2.50. The number of carbonyl (C=O) groups excluding carboxylic acids is 1. The molecule has 11 heteroatoms. The van der Waals surface area contributed by atoms with Gasteiger partial charge in [0, 0.05) is 59.4 Å². The maximum Gasteiger partial charge on any atom is 0.332 e. The first kappa shape index (κ1) is 20.6. The van der Waals surface area contributed by atoms with Crippen molar-refractivity contribution in [1.82, 2.24) is 33.8 Å². The third-order valence-corrected chi connectivity index (χ3v) is 5.68. The summed E-state index contributed by atoms with van der Waals surface area (Å²) < 4.78 is 3.91. The molecule has 4 heterocycles. The molecule has 2 saturated heterocycles. The molecule has 0 aromatic carbocycles. The number of carbonyl (C=O) groups is 1. The summed E-state index contributed by atoms with van der Waals surface area (Å²) in [4.78, 5) is 46.4. The van der Waals surface area contributed by atoms with E-state index >= 15 is 0 Å². The lowest BCUT2D eigenvalue weighted by Gasteiger charge is -2.32. The fraction of sp³-hybridized carbons (Fsp3) is 0.647. The summed E-state index contributed by atoms with van der Waals surface area (Å²) in [5, 5.41) is 3.34. The minimum absolute atomic E-state index is 0. The van der Waals surface area contributed by atoms with Crippen LogP contribution in [0.25, 0.3) is 11.2 Å². The molecule has 1 amide bonds. The second-order valence-corrected chi connectivity index (χ2v) is 7.33. The molecular formula is C17H26ClN7O3. The van der Waals surface area contributed by atoms with Gasteiger partial charge in [0.15, 0.2) is 11.2 Å². The van der Waals surface area contributed by atoms with Crippen molar-refractivity contribution in [3.05, 3.63) is 27.2 Å². The summed E-state index contributed by atoms with van der Waals surface area (Å²) in [5.41, 5.74) is -0.335. The number of nitrogens with zero attached hydrogens (tertiary/aromatic N) is 6. The second-order valence-electron chi connectivity index (χ2n) is 7.33. The number of likely N-dealkylation sites (tertiary alicyclic amines) is 1. The minimum Gasteiger partial charge on any atom is -0.340 e. The Bertz CT molecular complexity index is 989. The lowest BCUT2D eigenvalue weighted by molar-refractivity contribution is -0.131. The standard InChI is InChI=1S/C17H25N7O3.ClH/c1-20-11-19-15-14(20)16(26)24(17(27)21(15)2)10-13(25)23-6-3-12(9-23)22-7-4-18-5-8-22;/h11-12,18H,3-10H2,1-2H3;1H. The van der Waals surface area contributed by atoms with Crippen LogP contribution in [0.4, 0.5) is 0 Å². The summed E-state index contributed by atoms with van der Waals surface area (Å²) in [6, 6.07) is 0.357. The zero-order valence-corrected chi connectivity index (χ0v) is 16.9. The van der Waals surface area contributed by atoms with Crippen molar-refractivity contribution in [2.75, 3.05) is 39.3 Å². The summed E-state index contributed by atoms with van der Waals surface area (Å²) >= 11 is 0. The maximum absolute atomic E-state index is 12.8. The topological polar surface area (TPSA) is 97.4 Å². The van der Waals surface area contributed by atoms with E-state index in [1.165, 1.54) is 10.9 Å². The molecule has 0 radical (unpaired) electrons. The Morgan fingerprint density at radius 1 is 1.21 bits per heavy atom. The van der Waals surface area contributed by atoms with Crippen LogP contribution in [0.3, 0.4) is 0 Å². The van der Waals surface area contributed by atoms with Gasteiger partial charge in [0.05, 0.1) is 6.33 Å². The predicted molar refractivity (Wildman–Crippen MR) is 107 cm³/mol. The first-order valence-corrected chi connectivity index (χ1v) is 9.30. The van der Waals surface area contributed by atoms with Gasteiger partial charge >= 0.3 is 5.69 Å². The van der Waals surface area contributed by atoms with Crippen LogP contribution >= 0.6 is 12.4 Å². The predicted octanol–water partition coefficient (Wildman–Crippen LogP) is -1.64. The number of piperazine rings is 1. The van der Waals surface area contributed by atoms with Gasteiger partial charge < -0.3 is 14.8 Å². The van der Waals surface area contributed by atoms with E-state index in [-0.39, 0.29) is 24.9 Å².